The number of alkyl carbamates (subject to hydrolysis) is 1. The average molecular weight is 466 g/mol. The van der Waals surface area contributed by atoms with Crippen LogP contribution in [0.15, 0.2) is 16.6 Å². The van der Waals surface area contributed by atoms with Gasteiger partial charge in [0.05, 0.1) is 19.8 Å². The molecule has 27 heavy (non-hydrogen) atoms. The SMILES string of the molecule is CC(C)(C)OC(=O)N[C@@H]1CCN(c2cc(Cl)cc(Br)c2CO)C1.COC=O. The van der Waals surface area contributed by atoms with Crippen LogP contribution < -0.4 is 10.2 Å². The third-order valence-electron chi connectivity index (χ3n) is 3.64. The molecule has 2 N–H and O–H groups in total. The van der Waals surface area contributed by atoms with Gasteiger partial charge >= 0.3 is 6.09 Å². The number of nitrogens with one attached hydrogen (secondary N) is 1. The lowest BCUT2D eigenvalue weighted by molar-refractivity contribution is -0.126. The maximum atomic E-state index is 11.9. The standard InChI is InChI=1S/C16H22BrClN2O3.C2H4O2/c1-16(2,3)23-15(22)19-11-4-5-20(8-11)14-7-10(18)6-13(17)12(14)9-21;1-4-2-3/h6-7,11,21H,4-5,8-9H2,1-3H3,(H,19,22);2H,1H3/t11-;/m1./s1. The molecule has 1 aromatic carbocycles. The molecule has 0 unspecified atom stereocenters. The largest absolute Gasteiger partial charge is 0.471 e. The van der Waals surface area contributed by atoms with Gasteiger partial charge < -0.3 is 24.8 Å². The summed E-state index contributed by atoms with van der Waals surface area (Å²) in [5.41, 5.74) is 1.18. The Morgan fingerprint density at radius 2 is 2.11 bits per heavy atom. The number of carbonyl (C=O) groups is 2. The minimum absolute atomic E-state index is 0.00847. The molecular weight excluding hydrogens is 440 g/mol. The van der Waals surface area contributed by atoms with Crippen LogP contribution in [-0.2, 0) is 20.9 Å². The van der Waals surface area contributed by atoms with Crippen LogP contribution in [0, 0.1) is 0 Å². The van der Waals surface area contributed by atoms with Gasteiger partial charge in [0.1, 0.15) is 5.60 Å². The van der Waals surface area contributed by atoms with Gasteiger partial charge in [-0.05, 0) is 39.3 Å². The number of hydrogen-bond acceptors (Lipinski definition) is 6. The summed E-state index contributed by atoms with van der Waals surface area (Å²) in [7, 11) is 1.31. The number of aliphatic hydroxyl groups excluding tert-OH is 1. The van der Waals surface area contributed by atoms with Gasteiger partial charge in [-0.15, -0.1) is 0 Å². The van der Waals surface area contributed by atoms with Crippen molar-refractivity contribution in [1.29, 1.82) is 0 Å². The summed E-state index contributed by atoms with van der Waals surface area (Å²) >= 11 is 9.56. The lowest BCUT2D eigenvalue weighted by Crippen LogP contribution is -2.40. The molecular formula is C18H26BrClN2O5. The number of amides is 1. The van der Waals surface area contributed by atoms with Crippen molar-refractivity contribution < 1.29 is 24.2 Å². The topological polar surface area (TPSA) is 88.1 Å². The predicted octanol–water partition coefficient (Wildman–Crippen LogP) is 3.49. The molecule has 1 aliphatic heterocycles. The van der Waals surface area contributed by atoms with E-state index in [9.17, 15) is 9.90 Å². The smallest absolute Gasteiger partial charge is 0.407 e. The van der Waals surface area contributed by atoms with E-state index in [0.29, 0.717) is 18.0 Å². The maximum Gasteiger partial charge on any atom is 0.407 e. The maximum absolute atomic E-state index is 11.9. The number of nitrogens with zero attached hydrogens (tertiary/aromatic N) is 1. The molecule has 0 radical (unpaired) electrons. The Morgan fingerprint density at radius 1 is 1.48 bits per heavy atom. The Hall–Kier alpha value is -1.51. The van der Waals surface area contributed by atoms with Gasteiger partial charge in [-0.2, -0.15) is 0 Å². The zero-order chi connectivity index (χ0) is 20.6. The highest BCUT2D eigenvalue weighted by molar-refractivity contribution is 9.10. The van der Waals surface area contributed by atoms with E-state index in [0.717, 1.165) is 28.7 Å². The van der Waals surface area contributed by atoms with Crippen molar-refractivity contribution in [3.05, 3.63) is 27.2 Å². The Bertz CT molecular complexity index is 651. The van der Waals surface area contributed by atoms with Crippen LogP contribution in [0.1, 0.15) is 32.8 Å². The summed E-state index contributed by atoms with van der Waals surface area (Å²) in [5.74, 6) is 0. The molecule has 0 aliphatic carbocycles. The van der Waals surface area contributed by atoms with Crippen molar-refractivity contribution in [1.82, 2.24) is 5.32 Å². The fraction of sp³-hybridized carbons (Fsp3) is 0.556. The summed E-state index contributed by atoms with van der Waals surface area (Å²) < 4.78 is 9.93. The third kappa shape index (κ3) is 7.94. The molecule has 7 nitrogen and oxygen atoms in total. The third-order valence-corrected chi connectivity index (χ3v) is 4.57. The first-order valence-electron chi connectivity index (χ1n) is 8.41. The number of rotatable bonds is 4. The molecule has 1 saturated heterocycles. The fourth-order valence-corrected chi connectivity index (χ4v) is 3.52. The van der Waals surface area contributed by atoms with Crippen molar-refractivity contribution in [2.75, 3.05) is 25.1 Å². The second-order valence-corrected chi connectivity index (χ2v) is 8.24. The van der Waals surface area contributed by atoms with Crippen molar-refractivity contribution >= 4 is 45.8 Å². The van der Waals surface area contributed by atoms with E-state index in [1.54, 1.807) is 6.07 Å². The molecule has 1 fully saturated rings. The van der Waals surface area contributed by atoms with Gasteiger partial charge in [-0.1, -0.05) is 27.5 Å². The van der Waals surface area contributed by atoms with Gasteiger partial charge in [-0.25, -0.2) is 4.79 Å². The number of benzene rings is 1. The van der Waals surface area contributed by atoms with Gasteiger partial charge in [0, 0.05) is 33.8 Å². The molecule has 1 aliphatic rings. The van der Waals surface area contributed by atoms with E-state index < -0.39 is 11.7 Å². The average Bonchev–Trinajstić information content (AvgIpc) is 3.00. The van der Waals surface area contributed by atoms with Crippen molar-refractivity contribution in [2.24, 2.45) is 0 Å². The molecule has 0 spiro atoms. The Labute approximate surface area is 173 Å². The molecule has 0 aromatic heterocycles. The minimum Gasteiger partial charge on any atom is -0.471 e. The van der Waals surface area contributed by atoms with Crippen LogP contribution in [0.5, 0.6) is 0 Å². The molecule has 0 bridgehead atoms. The lowest BCUT2D eigenvalue weighted by Gasteiger charge is -2.24. The Morgan fingerprint density at radius 3 is 2.63 bits per heavy atom. The van der Waals surface area contributed by atoms with Crippen LogP contribution >= 0.6 is 27.5 Å². The number of halogens is 2. The highest BCUT2D eigenvalue weighted by Crippen LogP contribution is 2.33. The van der Waals surface area contributed by atoms with Gasteiger partial charge in [0.2, 0.25) is 0 Å². The predicted molar refractivity (Wildman–Crippen MR) is 108 cm³/mol. The van der Waals surface area contributed by atoms with E-state index in [2.05, 4.69) is 30.9 Å². The van der Waals surface area contributed by atoms with E-state index in [1.807, 2.05) is 26.8 Å². The molecule has 9 heteroatoms. The summed E-state index contributed by atoms with van der Waals surface area (Å²) in [5, 5.41) is 13.1. The second-order valence-electron chi connectivity index (χ2n) is 6.95. The van der Waals surface area contributed by atoms with Crippen LogP contribution in [-0.4, -0.2) is 49.5 Å². The van der Waals surface area contributed by atoms with E-state index in [1.165, 1.54) is 7.11 Å². The van der Waals surface area contributed by atoms with Crippen molar-refractivity contribution in [2.45, 2.75) is 45.4 Å². The van der Waals surface area contributed by atoms with Crippen LogP contribution in [0.2, 0.25) is 5.02 Å². The summed E-state index contributed by atoms with van der Waals surface area (Å²) in [4.78, 5) is 22.9. The van der Waals surface area contributed by atoms with Gasteiger partial charge in [0.15, 0.2) is 0 Å². The number of anilines is 1. The normalized spacial score (nSPS) is 16.3. The highest BCUT2D eigenvalue weighted by atomic mass is 79.9. The zero-order valence-corrected chi connectivity index (χ0v) is 18.3. The first-order valence-corrected chi connectivity index (χ1v) is 9.58. The summed E-state index contributed by atoms with van der Waals surface area (Å²) in [6, 6.07) is 3.62. The summed E-state index contributed by atoms with van der Waals surface area (Å²) in [6.45, 7) is 7.24. The lowest BCUT2D eigenvalue weighted by atomic mass is 10.1. The Balaban J connectivity index is 0.000000828. The number of hydrogen-bond donors (Lipinski definition) is 2. The first-order chi connectivity index (χ1) is 12.6. The minimum atomic E-state index is -0.510. The van der Waals surface area contributed by atoms with Gasteiger partial charge in [0.25, 0.3) is 6.47 Å². The molecule has 1 heterocycles. The number of aliphatic hydroxyl groups is 1. The van der Waals surface area contributed by atoms with Gasteiger partial charge in [-0.3, -0.25) is 4.79 Å². The number of carbonyl (C=O) groups excluding carboxylic acids is 2. The van der Waals surface area contributed by atoms with Crippen molar-refractivity contribution in [3.63, 3.8) is 0 Å². The number of methoxy groups -OCH3 is 1. The highest BCUT2D eigenvalue weighted by Gasteiger charge is 2.28. The quantitative estimate of drug-likeness (QED) is 0.662. The van der Waals surface area contributed by atoms with Crippen molar-refractivity contribution in [3.8, 4) is 0 Å². The van der Waals surface area contributed by atoms with Crippen LogP contribution in [0.4, 0.5) is 10.5 Å². The van der Waals surface area contributed by atoms with Crippen LogP contribution in [0.3, 0.4) is 0 Å². The second kappa shape index (κ2) is 10.7. The zero-order valence-electron chi connectivity index (χ0n) is 15.9. The fourth-order valence-electron chi connectivity index (χ4n) is 2.60. The summed E-state index contributed by atoms with van der Waals surface area (Å²) in [6.07, 6.45) is 0.410. The first kappa shape index (κ1) is 23.5. The molecule has 0 saturated carbocycles. The van der Waals surface area contributed by atoms with E-state index in [-0.39, 0.29) is 12.6 Å². The van der Waals surface area contributed by atoms with E-state index >= 15 is 0 Å². The molecule has 1 amide bonds. The molecule has 1 aromatic rings. The molecule has 2 rings (SSSR count). The Kier molecular flexibility index (Phi) is 9.35. The van der Waals surface area contributed by atoms with E-state index in [4.69, 9.17) is 21.1 Å². The van der Waals surface area contributed by atoms with Crippen LogP contribution in [0.25, 0.3) is 0 Å². The number of ether oxygens (including phenoxy) is 2. The molecule has 1 atom stereocenters. The molecule has 152 valence electrons. The monoisotopic (exact) mass is 464 g/mol.